The fourth-order valence-electron chi connectivity index (χ4n) is 18.8. The highest BCUT2D eigenvalue weighted by Crippen LogP contribution is 2.52. The molecule has 4 aromatic heterocycles. The van der Waals surface area contributed by atoms with E-state index in [1.54, 1.807) is 0 Å². The molecule has 6 nitrogen and oxygen atoms in total. The molecule has 26 rings (SSSR count). The third kappa shape index (κ3) is 15.7. The van der Waals surface area contributed by atoms with Crippen molar-refractivity contribution >= 4 is 223 Å². The number of halogens is 1. The largest absolute Gasteiger partial charge is 0.569 e. The second-order valence-corrected chi connectivity index (χ2v) is 35.2. The first-order valence-electron chi connectivity index (χ1n) is 43.7. The van der Waals surface area contributed by atoms with Crippen LogP contribution in [0.15, 0.2) is 484 Å². The molecule has 0 saturated carbocycles. The monoisotopic (exact) mass is 1780 g/mol. The highest BCUT2D eigenvalue weighted by molar-refractivity contribution is 9.10. The molecule has 0 atom stereocenters. The van der Waals surface area contributed by atoms with Crippen LogP contribution in [0.3, 0.4) is 0 Å². The number of para-hydroxylation sites is 3. The summed E-state index contributed by atoms with van der Waals surface area (Å²) in [6.45, 7) is 0. The molecule has 22 aromatic carbocycles. The Hall–Kier alpha value is -15.7. The molecule has 2 N–H and O–H groups in total. The molecule has 0 unspecified atom stereocenters. The number of rotatable bonds is 11. The molecular formula is C121H85BBrN4O2S2. The smallest absolute Gasteiger partial charge is 0.537 e. The van der Waals surface area contributed by atoms with Crippen molar-refractivity contribution in [2.24, 2.45) is 0 Å². The molecule has 0 fully saturated rings. The Morgan fingerprint density at radius 3 is 1.08 bits per heavy atom. The highest BCUT2D eigenvalue weighted by atomic mass is 79.9. The van der Waals surface area contributed by atoms with Crippen LogP contribution in [-0.2, 0) is 0 Å². The summed E-state index contributed by atoms with van der Waals surface area (Å²) in [7, 11) is 0.697. The molecule has 623 valence electrons. The van der Waals surface area contributed by atoms with E-state index in [0.717, 1.165) is 32.9 Å². The van der Waals surface area contributed by atoms with E-state index in [4.69, 9.17) is 9.68 Å². The first-order valence-corrected chi connectivity index (χ1v) is 46.1. The summed E-state index contributed by atoms with van der Waals surface area (Å²) in [5.41, 5.74) is 17.9. The lowest BCUT2D eigenvalue weighted by atomic mass is 9.97. The zero-order valence-corrected chi connectivity index (χ0v) is 73.8. The lowest BCUT2D eigenvalue weighted by molar-refractivity contribution is 0.454. The molecule has 1 radical (unpaired) electrons. The average molecular weight is 1780 g/mol. The van der Waals surface area contributed by atoms with Gasteiger partial charge >= 0.3 is 7.69 Å². The number of fused-ring (bicyclic) bond motifs is 24. The van der Waals surface area contributed by atoms with Crippen LogP contribution in [0.5, 0.6) is 5.75 Å². The minimum Gasteiger partial charge on any atom is -0.537 e. The zero-order chi connectivity index (χ0) is 86.8. The van der Waals surface area contributed by atoms with E-state index in [2.05, 4.69) is 454 Å². The van der Waals surface area contributed by atoms with Crippen molar-refractivity contribution in [3.05, 3.63) is 484 Å². The first-order chi connectivity index (χ1) is 64.4. The van der Waals surface area contributed by atoms with E-state index in [0.29, 0.717) is 13.4 Å². The average Bonchev–Trinajstić information content (AvgIpc) is 1.54. The maximum absolute atomic E-state index is 8.93. The van der Waals surface area contributed by atoms with Gasteiger partial charge in [0.15, 0.2) is 0 Å². The van der Waals surface area contributed by atoms with Crippen LogP contribution in [0.1, 0.15) is 7.43 Å². The van der Waals surface area contributed by atoms with Gasteiger partial charge in [-0.05, 0) is 176 Å². The lowest BCUT2D eigenvalue weighted by Gasteiger charge is -2.28. The van der Waals surface area contributed by atoms with Crippen LogP contribution in [0, 0.1) is 0 Å². The Morgan fingerprint density at radius 2 is 0.626 bits per heavy atom. The number of benzene rings is 22. The molecule has 0 amide bonds. The van der Waals surface area contributed by atoms with Gasteiger partial charge in [-0.3, -0.25) is 0 Å². The predicted octanol–water partition coefficient (Wildman–Crippen LogP) is 35.1. The van der Waals surface area contributed by atoms with Crippen LogP contribution in [0.2, 0.25) is 0 Å². The molecular weight excluding hydrogens is 1700 g/mol. The van der Waals surface area contributed by atoms with E-state index in [1.807, 2.05) is 83.3 Å². The Morgan fingerprint density at radius 1 is 0.275 bits per heavy atom. The summed E-state index contributed by atoms with van der Waals surface area (Å²) < 4.78 is 16.5. The second kappa shape index (κ2) is 36.6. The summed E-state index contributed by atoms with van der Waals surface area (Å²) in [5.74, 6) is 0.581. The SMILES string of the molecule is Brc1ccc2c(c1)c1c3sc4ccc(-c5ccccc5)cc4c3c3ccccc3c1n2-c1ccccc1.C.O[B]Oc1ccc(N(c2cccc3ccccc23)c2cccc3ccccc23)cc1.c1ccc(-c2ccc3sc4c(c3c2)c2ccccc2c2c4c3ccccc3n2-c2ccccc2)cc1.c1ccc2c(Nc3cccc4ccccc34)cccc2c1.c1ccccc1. The molecule has 0 bridgehead atoms. The van der Waals surface area contributed by atoms with Crippen LogP contribution < -0.4 is 14.9 Å². The van der Waals surface area contributed by atoms with Crippen LogP contribution in [0.25, 0.3) is 182 Å². The summed E-state index contributed by atoms with van der Waals surface area (Å²) in [5, 5.41) is 38.1. The maximum Gasteiger partial charge on any atom is 0.569 e. The Labute approximate surface area is 776 Å². The molecule has 26 aromatic rings. The van der Waals surface area contributed by atoms with Crippen LogP contribution in [-0.4, -0.2) is 21.8 Å². The van der Waals surface area contributed by atoms with Crippen molar-refractivity contribution in [3.63, 3.8) is 0 Å². The zero-order valence-electron chi connectivity index (χ0n) is 70.6. The number of thiophene rings is 2. The van der Waals surface area contributed by atoms with Crippen LogP contribution >= 0.6 is 38.6 Å². The Balaban J connectivity index is 0.000000105. The summed E-state index contributed by atoms with van der Waals surface area (Å²) in [6, 6.07) is 169. The van der Waals surface area contributed by atoms with Gasteiger partial charge in [0.1, 0.15) is 5.75 Å². The van der Waals surface area contributed by atoms with Crippen molar-refractivity contribution in [2.75, 3.05) is 10.2 Å². The minimum atomic E-state index is 0. The topological polar surface area (TPSA) is 54.6 Å². The standard InChI is InChI=1S/C34H20BrNS.C34H21NS.C26H19BNO2.C20H15N.C6H6.CH4/c35-23-16-17-29-27(20-23)32-33(36(29)24-11-5-2-6-12-24)26-14-8-7-13-25(26)31-28-19-22(21-9-3-1-4-10-21)15-18-30(28)37-34(31)32;1-3-11-22(12-4-1)23-19-20-30-28(21-23)31-25-15-7-8-16-26(25)33-32(34(31)36-30)27-17-9-10-18-29(27)35(33)24-13-5-2-6-14-24;29-27-30-22-17-15-21(16-18-22)28(25-13-5-9-19-7-1-3-11-23(19)25)26-14-6-10-20-8-2-4-12-24(20)26;1-3-11-17-15(7-1)9-5-13-19(17)21-20-14-6-10-16-8-2-4-12-18(16)20;1-2-4-6-5-3-1;/h1-20H;1-21H;1-18,29H;1-14,21H;1-6H;1H4. The van der Waals surface area contributed by atoms with Crippen molar-refractivity contribution in [1.29, 1.82) is 0 Å². The number of hydrogen-bond donors (Lipinski definition) is 2. The van der Waals surface area contributed by atoms with Crippen molar-refractivity contribution < 1.29 is 9.68 Å². The molecule has 131 heavy (non-hydrogen) atoms. The highest BCUT2D eigenvalue weighted by Gasteiger charge is 2.26. The van der Waals surface area contributed by atoms with Gasteiger partial charge < -0.3 is 29.0 Å². The summed E-state index contributed by atoms with van der Waals surface area (Å²) >= 11 is 7.59. The number of nitrogens with zero attached hydrogens (tertiary/aromatic N) is 3. The number of hydrogen-bond acceptors (Lipinski definition) is 6. The van der Waals surface area contributed by atoms with E-state index in [9.17, 15) is 0 Å². The molecule has 0 saturated heterocycles. The number of anilines is 5. The van der Waals surface area contributed by atoms with E-state index in [1.165, 1.54) is 182 Å². The predicted molar refractivity (Wildman–Crippen MR) is 570 cm³/mol. The van der Waals surface area contributed by atoms with Crippen molar-refractivity contribution in [3.8, 4) is 39.4 Å². The Kier molecular flexibility index (Phi) is 23.0. The summed E-state index contributed by atoms with van der Waals surface area (Å²) in [4.78, 5) is 2.27. The van der Waals surface area contributed by atoms with Crippen molar-refractivity contribution in [2.45, 2.75) is 7.43 Å². The molecule has 10 heteroatoms. The van der Waals surface area contributed by atoms with Crippen molar-refractivity contribution in [1.82, 2.24) is 9.13 Å². The normalized spacial score (nSPS) is 11.2. The third-order valence-electron chi connectivity index (χ3n) is 24.6. The molecule has 0 aliphatic rings. The van der Waals surface area contributed by atoms with Gasteiger partial charge in [0, 0.05) is 127 Å². The quantitative estimate of drug-likeness (QED) is 0.127. The van der Waals surface area contributed by atoms with Crippen LogP contribution in [0.4, 0.5) is 28.4 Å². The third-order valence-corrected chi connectivity index (χ3v) is 27.5. The van der Waals surface area contributed by atoms with Gasteiger partial charge in [0.25, 0.3) is 0 Å². The Bertz CT molecular complexity index is 8480. The fourth-order valence-corrected chi connectivity index (χ4v) is 21.7. The minimum absolute atomic E-state index is 0. The van der Waals surface area contributed by atoms with Gasteiger partial charge in [-0.2, -0.15) is 0 Å². The van der Waals surface area contributed by atoms with E-state index in [-0.39, 0.29) is 7.43 Å². The fraction of sp³-hybridized carbons (Fsp3) is 0.00826. The van der Waals surface area contributed by atoms with Gasteiger partial charge in [-0.15, -0.1) is 22.7 Å². The van der Waals surface area contributed by atoms with Gasteiger partial charge in [0.05, 0.1) is 33.4 Å². The first kappa shape index (κ1) is 82.3. The van der Waals surface area contributed by atoms with E-state index >= 15 is 0 Å². The number of nitrogens with one attached hydrogen (secondary N) is 1. The molecule has 0 aliphatic carbocycles. The second-order valence-electron chi connectivity index (χ2n) is 32.2. The molecule has 4 heterocycles. The maximum atomic E-state index is 8.93. The van der Waals surface area contributed by atoms with Gasteiger partial charge in [0.2, 0.25) is 0 Å². The van der Waals surface area contributed by atoms with E-state index < -0.39 is 0 Å². The lowest BCUT2D eigenvalue weighted by Crippen LogP contribution is -2.11. The number of aromatic nitrogens is 2. The van der Waals surface area contributed by atoms with Gasteiger partial charge in [-0.25, -0.2) is 0 Å². The van der Waals surface area contributed by atoms with Gasteiger partial charge in [-0.1, -0.05) is 381 Å². The summed E-state index contributed by atoms with van der Waals surface area (Å²) in [6.07, 6.45) is 0. The molecule has 0 spiro atoms. The molecule has 0 aliphatic heterocycles.